The van der Waals surface area contributed by atoms with Crippen LogP contribution in [0.15, 0.2) is 73.6 Å². The average Bonchev–Trinajstić information content (AvgIpc) is 3.53. The number of imidazole rings is 1. The van der Waals surface area contributed by atoms with Crippen LogP contribution in [0.2, 0.25) is 0 Å². The van der Waals surface area contributed by atoms with Crippen molar-refractivity contribution in [2.24, 2.45) is 0 Å². The normalized spacial score (nSPS) is 12.3. The van der Waals surface area contributed by atoms with Crippen LogP contribution in [0.3, 0.4) is 0 Å². The van der Waals surface area contributed by atoms with Crippen LogP contribution in [-0.4, -0.2) is 46.5 Å². The van der Waals surface area contributed by atoms with Gasteiger partial charge in [-0.3, -0.25) is 20.1 Å². The van der Waals surface area contributed by atoms with E-state index >= 15 is 0 Å². The maximum Gasteiger partial charge on any atom is 0.159 e. The number of hydrogen-bond acceptors (Lipinski definition) is 7. The molecule has 1 atom stereocenters. The molecule has 0 amide bonds. The van der Waals surface area contributed by atoms with Gasteiger partial charge in [0.2, 0.25) is 0 Å². The third-order valence-corrected chi connectivity index (χ3v) is 6.14. The molecule has 0 bridgehead atoms. The van der Waals surface area contributed by atoms with Gasteiger partial charge in [0, 0.05) is 41.3 Å². The Balaban J connectivity index is 1.40. The topological polar surface area (TPSA) is 128 Å². The van der Waals surface area contributed by atoms with Crippen molar-refractivity contribution < 1.29 is 5.11 Å². The molecular formula is C27H24N8O. The van der Waals surface area contributed by atoms with Gasteiger partial charge in [-0.25, -0.2) is 4.98 Å². The molecule has 0 fully saturated rings. The SMILES string of the molecule is CCCC(O)Nc1cncc(-c2ccc3[nH]nc(-c4nc5c(-c6ccncc6)cncc5[nH]4)c3c2)c1. The summed E-state index contributed by atoms with van der Waals surface area (Å²) in [4.78, 5) is 21.1. The minimum atomic E-state index is -0.602. The Morgan fingerprint density at radius 3 is 2.61 bits per heavy atom. The number of H-pyrrole nitrogens is 2. The van der Waals surface area contributed by atoms with Crippen LogP contribution >= 0.6 is 0 Å². The van der Waals surface area contributed by atoms with E-state index in [0.717, 1.165) is 62.0 Å². The minimum Gasteiger partial charge on any atom is -0.374 e. The molecule has 9 heteroatoms. The second kappa shape index (κ2) is 9.20. The van der Waals surface area contributed by atoms with Gasteiger partial charge >= 0.3 is 0 Å². The third kappa shape index (κ3) is 4.05. The number of aromatic nitrogens is 7. The number of aliphatic hydroxyl groups excluding tert-OH is 1. The first-order chi connectivity index (χ1) is 17.7. The van der Waals surface area contributed by atoms with E-state index in [1.54, 1.807) is 24.8 Å². The van der Waals surface area contributed by atoms with Crippen LogP contribution < -0.4 is 5.32 Å². The summed E-state index contributed by atoms with van der Waals surface area (Å²) >= 11 is 0. The second-order valence-corrected chi connectivity index (χ2v) is 8.65. The zero-order valence-corrected chi connectivity index (χ0v) is 19.6. The molecule has 6 aromatic rings. The van der Waals surface area contributed by atoms with E-state index in [2.05, 4.69) is 41.5 Å². The van der Waals surface area contributed by atoms with Crippen LogP contribution in [-0.2, 0) is 0 Å². The number of pyridine rings is 3. The smallest absolute Gasteiger partial charge is 0.159 e. The average molecular weight is 477 g/mol. The van der Waals surface area contributed by atoms with Crippen molar-refractivity contribution in [3.05, 3.63) is 73.6 Å². The minimum absolute atomic E-state index is 0.602. The summed E-state index contributed by atoms with van der Waals surface area (Å²) in [6.07, 6.45) is 11.6. The van der Waals surface area contributed by atoms with E-state index in [4.69, 9.17) is 4.98 Å². The van der Waals surface area contributed by atoms with Crippen LogP contribution in [0.4, 0.5) is 5.69 Å². The molecule has 0 radical (unpaired) electrons. The summed E-state index contributed by atoms with van der Waals surface area (Å²) in [6, 6.07) is 12.0. The van der Waals surface area contributed by atoms with Crippen molar-refractivity contribution in [1.29, 1.82) is 0 Å². The number of anilines is 1. The molecule has 1 aromatic carbocycles. The highest BCUT2D eigenvalue weighted by Crippen LogP contribution is 2.33. The number of nitrogens with zero attached hydrogens (tertiary/aromatic N) is 5. The Morgan fingerprint density at radius 2 is 1.75 bits per heavy atom. The number of aromatic amines is 2. The number of fused-ring (bicyclic) bond motifs is 2. The fourth-order valence-electron chi connectivity index (χ4n) is 4.38. The number of hydrogen-bond donors (Lipinski definition) is 4. The predicted octanol–water partition coefficient (Wildman–Crippen LogP) is 5.16. The highest BCUT2D eigenvalue weighted by molar-refractivity contribution is 5.98. The fourth-order valence-corrected chi connectivity index (χ4v) is 4.38. The summed E-state index contributed by atoms with van der Waals surface area (Å²) in [7, 11) is 0. The Kier molecular flexibility index (Phi) is 5.59. The summed E-state index contributed by atoms with van der Waals surface area (Å²) in [5, 5.41) is 21.8. The van der Waals surface area contributed by atoms with E-state index in [-0.39, 0.29) is 0 Å². The van der Waals surface area contributed by atoms with Crippen molar-refractivity contribution in [1.82, 2.24) is 35.1 Å². The molecule has 0 aliphatic rings. The van der Waals surface area contributed by atoms with Crippen LogP contribution in [0.5, 0.6) is 0 Å². The lowest BCUT2D eigenvalue weighted by molar-refractivity contribution is 0.192. The largest absolute Gasteiger partial charge is 0.374 e. The van der Waals surface area contributed by atoms with E-state index in [1.807, 2.05) is 49.6 Å². The molecule has 0 aliphatic carbocycles. The van der Waals surface area contributed by atoms with Crippen LogP contribution in [0, 0.1) is 0 Å². The number of rotatable bonds is 7. The van der Waals surface area contributed by atoms with Crippen molar-refractivity contribution in [2.75, 3.05) is 5.32 Å². The van der Waals surface area contributed by atoms with Crippen molar-refractivity contribution in [3.8, 4) is 33.8 Å². The molecule has 0 saturated carbocycles. The molecule has 5 aromatic heterocycles. The first-order valence-corrected chi connectivity index (χ1v) is 11.8. The molecule has 1 unspecified atom stereocenters. The van der Waals surface area contributed by atoms with E-state index < -0.39 is 6.23 Å². The number of nitrogens with one attached hydrogen (secondary N) is 3. The lowest BCUT2D eigenvalue weighted by Gasteiger charge is -2.13. The molecule has 9 nitrogen and oxygen atoms in total. The van der Waals surface area contributed by atoms with Gasteiger partial charge in [-0.1, -0.05) is 19.4 Å². The fraction of sp³-hybridized carbons (Fsp3) is 0.148. The molecule has 0 saturated heterocycles. The first-order valence-electron chi connectivity index (χ1n) is 11.8. The highest BCUT2D eigenvalue weighted by Gasteiger charge is 2.16. The van der Waals surface area contributed by atoms with Gasteiger partial charge < -0.3 is 15.4 Å². The van der Waals surface area contributed by atoms with Gasteiger partial charge in [0.05, 0.1) is 34.6 Å². The Morgan fingerprint density at radius 1 is 0.889 bits per heavy atom. The second-order valence-electron chi connectivity index (χ2n) is 8.65. The Labute approximate surface area is 206 Å². The summed E-state index contributed by atoms with van der Waals surface area (Å²) in [5.41, 5.74) is 7.92. The zero-order valence-electron chi connectivity index (χ0n) is 19.6. The lowest BCUT2D eigenvalue weighted by Crippen LogP contribution is -2.18. The van der Waals surface area contributed by atoms with Gasteiger partial charge in [0.25, 0.3) is 0 Å². The maximum atomic E-state index is 10.1. The predicted molar refractivity (Wildman–Crippen MR) is 140 cm³/mol. The lowest BCUT2D eigenvalue weighted by atomic mass is 10.0. The molecule has 6 rings (SSSR count). The van der Waals surface area contributed by atoms with Gasteiger partial charge in [-0.2, -0.15) is 5.10 Å². The van der Waals surface area contributed by atoms with E-state index in [1.165, 1.54) is 0 Å². The molecule has 5 heterocycles. The molecule has 178 valence electrons. The highest BCUT2D eigenvalue weighted by atomic mass is 16.3. The van der Waals surface area contributed by atoms with Crippen molar-refractivity contribution >= 4 is 27.6 Å². The van der Waals surface area contributed by atoms with Crippen LogP contribution in [0.1, 0.15) is 19.8 Å². The summed E-state index contributed by atoms with van der Waals surface area (Å²) in [5.74, 6) is 0.660. The van der Waals surface area contributed by atoms with Crippen LogP contribution in [0.25, 0.3) is 55.7 Å². The quantitative estimate of drug-likeness (QED) is 0.234. The first kappa shape index (κ1) is 21.9. The number of aliphatic hydroxyl groups is 1. The molecule has 0 aliphatic heterocycles. The Bertz CT molecular complexity index is 1660. The maximum absolute atomic E-state index is 10.1. The molecule has 36 heavy (non-hydrogen) atoms. The van der Waals surface area contributed by atoms with Gasteiger partial charge in [0.15, 0.2) is 5.82 Å². The molecular weight excluding hydrogens is 452 g/mol. The zero-order chi connectivity index (χ0) is 24.5. The monoisotopic (exact) mass is 476 g/mol. The van der Waals surface area contributed by atoms with Crippen molar-refractivity contribution in [3.63, 3.8) is 0 Å². The third-order valence-electron chi connectivity index (χ3n) is 6.14. The van der Waals surface area contributed by atoms with Gasteiger partial charge in [-0.05, 0) is 47.9 Å². The number of benzene rings is 1. The van der Waals surface area contributed by atoms with Gasteiger partial charge in [0.1, 0.15) is 11.9 Å². The Hall–Kier alpha value is -4.63. The molecule has 0 spiro atoms. The summed E-state index contributed by atoms with van der Waals surface area (Å²) < 4.78 is 0. The van der Waals surface area contributed by atoms with Crippen molar-refractivity contribution in [2.45, 2.75) is 26.0 Å². The molecule has 4 N–H and O–H groups in total. The standard InChI is InChI=1S/C27H24N8O/c1-2-3-24(36)31-19-10-18(12-29-13-19)17-4-5-22-20(11-17)26(35-34-22)27-32-23-15-30-14-21(25(23)33-27)16-6-8-28-9-7-16/h4-15,24,31,36H,2-3H2,1H3,(H,32,33)(H,34,35). The van der Waals surface area contributed by atoms with E-state index in [9.17, 15) is 5.11 Å². The summed E-state index contributed by atoms with van der Waals surface area (Å²) in [6.45, 7) is 2.04. The van der Waals surface area contributed by atoms with E-state index in [0.29, 0.717) is 12.2 Å². The van der Waals surface area contributed by atoms with Gasteiger partial charge in [-0.15, -0.1) is 0 Å².